The van der Waals surface area contributed by atoms with Crippen LogP contribution in [0.4, 0.5) is 5.69 Å². The molecule has 0 saturated carbocycles. The molecule has 0 aliphatic rings. The van der Waals surface area contributed by atoms with Crippen LogP contribution in [0.15, 0.2) is 53.6 Å². The van der Waals surface area contributed by atoms with Crippen molar-refractivity contribution in [1.29, 1.82) is 0 Å². The molecule has 0 bridgehead atoms. The number of rotatable bonds is 10. The van der Waals surface area contributed by atoms with E-state index in [1.807, 2.05) is 24.3 Å². The number of hydrogen-bond acceptors (Lipinski definition) is 6. The number of ether oxygens (including phenoxy) is 2. The van der Waals surface area contributed by atoms with Crippen LogP contribution in [0.2, 0.25) is 0 Å². The summed E-state index contributed by atoms with van der Waals surface area (Å²) >= 11 is 0. The molecule has 31 heavy (non-hydrogen) atoms. The van der Waals surface area contributed by atoms with E-state index in [0.717, 1.165) is 21.9 Å². The first kappa shape index (κ1) is 24.2. The van der Waals surface area contributed by atoms with E-state index in [0.29, 0.717) is 24.0 Å². The molecule has 0 aromatic heterocycles. The summed E-state index contributed by atoms with van der Waals surface area (Å²) in [6.45, 7) is 6.28. The van der Waals surface area contributed by atoms with Crippen LogP contribution in [-0.2, 0) is 14.8 Å². The van der Waals surface area contributed by atoms with E-state index in [-0.39, 0.29) is 0 Å². The second-order valence-electron chi connectivity index (χ2n) is 7.44. The van der Waals surface area contributed by atoms with Crippen LogP contribution in [0, 0.1) is 5.92 Å². The number of hydrogen-bond donors (Lipinski definition) is 1. The lowest BCUT2D eigenvalue weighted by Crippen LogP contribution is -2.46. The third kappa shape index (κ3) is 7.29. The van der Waals surface area contributed by atoms with Gasteiger partial charge in [0.25, 0.3) is 5.91 Å². The molecule has 0 aliphatic heterocycles. The van der Waals surface area contributed by atoms with E-state index in [4.69, 9.17) is 9.47 Å². The van der Waals surface area contributed by atoms with E-state index < -0.39 is 22.0 Å². The van der Waals surface area contributed by atoms with Gasteiger partial charge in [-0.2, -0.15) is 5.10 Å². The fourth-order valence-corrected chi connectivity index (χ4v) is 3.89. The third-order valence-corrected chi connectivity index (χ3v) is 5.51. The van der Waals surface area contributed by atoms with Crippen LogP contribution in [0.3, 0.4) is 0 Å². The minimum Gasteiger partial charge on any atom is -0.497 e. The fourth-order valence-electron chi connectivity index (χ4n) is 2.71. The highest BCUT2D eigenvalue weighted by Crippen LogP contribution is 2.23. The van der Waals surface area contributed by atoms with Crippen molar-refractivity contribution in [3.05, 3.63) is 54.1 Å². The molecule has 2 aromatic rings. The van der Waals surface area contributed by atoms with E-state index >= 15 is 0 Å². The smallest absolute Gasteiger partial charge is 0.263 e. The van der Waals surface area contributed by atoms with Crippen molar-refractivity contribution in [3.8, 4) is 11.5 Å². The van der Waals surface area contributed by atoms with Gasteiger partial charge in [-0.1, -0.05) is 13.8 Å². The van der Waals surface area contributed by atoms with E-state index in [1.54, 1.807) is 24.3 Å². The van der Waals surface area contributed by atoms with Crippen LogP contribution in [0.5, 0.6) is 11.5 Å². The molecule has 1 amide bonds. The fraction of sp³-hybridized carbons (Fsp3) is 0.364. The van der Waals surface area contributed by atoms with Crippen molar-refractivity contribution in [2.45, 2.75) is 26.8 Å². The zero-order valence-corrected chi connectivity index (χ0v) is 19.2. The van der Waals surface area contributed by atoms with Crippen LogP contribution < -0.4 is 19.2 Å². The molecule has 0 aliphatic carbocycles. The molecule has 8 nitrogen and oxygen atoms in total. The van der Waals surface area contributed by atoms with Gasteiger partial charge in [0.2, 0.25) is 10.0 Å². The summed E-state index contributed by atoms with van der Waals surface area (Å²) in [5, 5.41) is 3.95. The van der Waals surface area contributed by atoms with Gasteiger partial charge in [-0.3, -0.25) is 9.10 Å². The van der Waals surface area contributed by atoms with E-state index in [9.17, 15) is 13.2 Å². The summed E-state index contributed by atoms with van der Waals surface area (Å²) in [6.07, 6.45) is 2.53. The Morgan fingerprint density at radius 2 is 1.65 bits per heavy atom. The van der Waals surface area contributed by atoms with Gasteiger partial charge in [0.1, 0.15) is 17.5 Å². The predicted octanol–water partition coefficient (Wildman–Crippen LogP) is 3.03. The zero-order chi connectivity index (χ0) is 23.0. The number of carbonyl (C=O) groups is 1. The van der Waals surface area contributed by atoms with Crippen LogP contribution in [0.1, 0.15) is 26.3 Å². The van der Waals surface area contributed by atoms with Gasteiger partial charge in [0.15, 0.2) is 0 Å². The number of hydrazone groups is 1. The summed E-state index contributed by atoms with van der Waals surface area (Å²) in [5.74, 6) is 1.21. The Labute approximate surface area is 183 Å². The predicted molar refractivity (Wildman–Crippen MR) is 122 cm³/mol. The van der Waals surface area contributed by atoms with Crippen LogP contribution >= 0.6 is 0 Å². The van der Waals surface area contributed by atoms with Gasteiger partial charge in [0, 0.05) is 0 Å². The number of amides is 1. The van der Waals surface area contributed by atoms with Crippen LogP contribution in [0.25, 0.3) is 0 Å². The lowest BCUT2D eigenvalue weighted by Gasteiger charge is -2.27. The SMILES string of the molecule is COc1ccc(N(C(C)C(=O)NN=Cc2ccc(OCC(C)C)cc2)S(C)(=O)=O)cc1. The molecule has 1 N–H and O–H groups in total. The average Bonchev–Trinajstić information content (AvgIpc) is 2.72. The normalized spacial score (nSPS) is 12.6. The summed E-state index contributed by atoms with van der Waals surface area (Å²) in [6, 6.07) is 12.7. The molecule has 0 radical (unpaired) electrons. The third-order valence-electron chi connectivity index (χ3n) is 4.27. The highest BCUT2D eigenvalue weighted by Gasteiger charge is 2.29. The largest absolute Gasteiger partial charge is 0.497 e. The van der Waals surface area contributed by atoms with Crippen LogP contribution in [-0.4, -0.2) is 46.6 Å². The second-order valence-corrected chi connectivity index (χ2v) is 9.30. The maximum atomic E-state index is 12.5. The summed E-state index contributed by atoms with van der Waals surface area (Å²) in [4.78, 5) is 12.5. The first-order valence-corrected chi connectivity index (χ1v) is 11.7. The molecule has 0 spiro atoms. The van der Waals surface area contributed by atoms with Gasteiger partial charge < -0.3 is 9.47 Å². The lowest BCUT2D eigenvalue weighted by atomic mass is 10.2. The molecule has 2 aromatic carbocycles. The summed E-state index contributed by atoms with van der Waals surface area (Å²) in [7, 11) is -2.19. The van der Waals surface area contributed by atoms with Crippen molar-refractivity contribution in [2.75, 3.05) is 24.3 Å². The Morgan fingerprint density at radius 3 is 2.16 bits per heavy atom. The Bertz CT molecular complexity index is 987. The molecule has 1 unspecified atom stereocenters. The Kier molecular flexibility index (Phi) is 8.44. The highest BCUT2D eigenvalue weighted by atomic mass is 32.2. The van der Waals surface area contributed by atoms with Gasteiger partial charge in [-0.25, -0.2) is 13.8 Å². The second kappa shape index (κ2) is 10.8. The van der Waals surface area contributed by atoms with Crippen molar-refractivity contribution in [1.82, 2.24) is 5.43 Å². The quantitative estimate of drug-likeness (QED) is 0.446. The van der Waals surface area contributed by atoms with Gasteiger partial charge in [-0.05, 0) is 66.9 Å². The Morgan fingerprint density at radius 1 is 1.06 bits per heavy atom. The Balaban J connectivity index is 2.04. The summed E-state index contributed by atoms with van der Waals surface area (Å²) in [5.41, 5.74) is 3.52. The van der Waals surface area contributed by atoms with Crippen molar-refractivity contribution < 1.29 is 22.7 Å². The summed E-state index contributed by atoms with van der Waals surface area (Å²) < 4.78 is 36.4. The molecule has 1 atom stereocenters. The zero-order valence-electron chi connectivity index (χ0n) is 18.4. The standard InChI is InChI=1S/C22H29N3O5S/c1-16(2)15-30-21-10-6-18(7-11-21)14-23-24-22(26)17(3)25(31(5,27)28)19-8-12-20(29-4)13-9-19/h6-14,16-17H,15H2,1-5H3,(H,24,26). The van der Waals surface area contributed by atoms with Gasteiger partial charge >= 0.3 is 0 Å². The number of nitrogens with zero attached hydrogens (tertiary/aromatic N) is 2. The number of carbonyl (C=O) groups excluding carboxylic acids is 1. The maximum absolute atomic E-state index is 12.5. The molecule has 0 heterocycles. The number of nitrogens with one attached hydrogen (secondary N) is 1. The van der Waals surface area contributed by atoms with Gasteiger partial charge in [0.05, 0.1) is 31.9 Å². The minimum absolute atomic E-state index is 0.354. The molecular weight excluding hydrogens is 418 g/mol. The van der Waals surface area contributed by atoms with Gasteiger partial charge in [-0.15, -0.1) is 0 Å². The maximum Gasteiger partial charge on any atom is 0.263 e. The highest BCUT2D eigenvalue weighted by molar-refractivity contribution is 7.92. The molecular formula is C22H29N3O5S. The minimum atomic E-state index is -3.71. The first-order chi connectivity index (χ1) is 14.6. The monoisotopic (exact) mass is 447 g/mol. The van der Waals surface area contributed by atoms with E-state index in [1.165, 1.54) is 20.2 Å². The molecule has 168 valence electrons. The first-order valence-electron chi connectivity index (χ1n) is 9.81. The molecule has 0 saturated heterocycles. The molecule has 0 fully saturated rings. The topological polar surface area (TPSA) is 97.3 Å². The Hall–Kier alpha value is -3.07. The number of anilines is 1. The number of methoxy groups -OCH3 is 1. The van der Waals surface area contributed by atoms with Crippen molar-refractivity contribution in [2.24, 2.45) is 11.0 Å². The van der Waals surface area contributed by atoms with Crippen molar-refractivity contribution in [3.63, 3.8) is 0 Å². The van der Waals surface area contributed by atoms with Crippen molar-refractivity contribution >= 4 is 27.8 Å². The lowest BCUT2D eigenvalue weighted by molar-refractivity contribution is -0.121. The van der Waals surface area contributed by atoms with E-state index in [2.05, 4.69) is 24.4 Å². The number of sulfonamides is 1. The molecule has 9 heteroatoms. The molecule has 2 rings (SSSR count). The number of benzene rings is 2. The average molecular weight is 448 g/mol.